The van der Waals surface area contributed by atoms with E-state index < -0.39 is 29.6 Å². The molecule has 3 heterocycles. The molecule has 240 valence electrons. The quantitative estimate of drug-likeness (QED) is 0.158. The summed E-state index contributed by atoms with van der Waals surface area (Å²) in [5.41, 5.74) is 3.80. The molecule has 48 heavy (non-hydrogen) atoms. The van der Waals surface area contributed by atoms with Crippen LogP contribution in [0, 0.1) is 5.82 Å². The number of anilines is 1. The second-order valence-corrected chi connectivity index (χ2v) is 11.2. The van der Waals surface area contributed by atoms with Crippen LogP contribution in [0.1, 0.15) is 50.6 Å². The van der Waals surface area contributed by atoms with E-state index in [9.17, 15) is 23.9 Å². The molecule has 1 aliphatic heterocycles. The minimum atomic E-state index is -1.15. The molecule has 0 saturated carbocycles. The molecular formula is C34H26ClFN8O4. The number of aromatic carboxylic acids is 1. The molecule has 0 aliphatic carbocycles. The Labute approximate surface area is 277 Å². The summed E-state index contributed by atoms with van der Waals surface area (Å²) in [5.74, 6) is -2.96. The maximum atomic E-state index is 14.7. The van der Waals surface area contributed by atoms with Crippen LogP contribution in [0.2, 0.25) is 5.02 Å². The number of pyridine rings is 1. The molecule has 1 aliphatic rings. The lowest BCUT2D eigenvalue weighted by molar-refractivity contribution is -0.121. The van der Waals surface area contributed by atoms with Gasteiger partial charge in [0.1, 0.15) is 23.8 Å². The average molecular weight is 665 g/mol. The number of allylic oxidation sites excluding steroid dienone is 1. The Bertz CT molecular complexity index is 2180. The zero-order valence-corrected chi connectivity index (χ0v) is 26.1. The number of nitrogens with zero attached hydrogens (tertiary/aromatic N) is 7. The van der Waals surface area contributed by atoms with Crippen LogP contribution < -0.4 is 5.32 Å². The van der Waals surface area contributed by atoms with Gasteiger partial charge in [-0.2, -0.15) is 0 Å². The predicted octanol–water partition coefficient (Wildman–Crippen LogP) is 5.77. The largest absolute Gasteiger partial charge is 0.477 e. The van der Waals surface area contributed by atoms with Gasteiger partial charge in [-0.3, -0.25) is 14.6 Å². The van der Waals surface area contributed by atoms with Gasteiger partial charge in [-0.1, -0.05) is 47.1 Å². The number of fused-ring (bicyclic) bond motifs is 2. The molecule has 1 unspecified atom stereocenters. The third kappa shape index (κ3) is 6.18. The summed E-state index contributed by atoms with van der Waals surface area (Å²) in [4.78, 5) is 52.9. The molecule has 6 rings (SSSR count). The molecule has 0 spiro atoms. The van der Waals surface area contributed by atoms with E-state index in [-0.39, 0.29) is 28.6 Å². The molecule has 12 nitrogen and oxygen atoms in total. The lowest BCUT2D eigenvalue weighted by atomic mass is 9.86. The molecule has 2 amide bonds. The summed E-state index contributed by atoms with van der Waals surface area (Å²) in [7, 11) is 0. The molecule has 2 N–H and O–H groups in total. The van der Waals surface area contributed by atoms with Crippen molar-refractivity contribution in [2.45, 2.75) is 19.4 Å². The number of halogens is 2. The van der Waals surface area contributed by atoms with Crippen molar-refractivity contribution in [2.24, 2.45) is 9.98 Å². The van der Waals surface area contributed by atoms with Crippen LogP contribution in [0.4, 0.5) is 10.1 Å². The SMILES string of the molecule is C=N/C=N\C=C(/C)c1cccc2c1CCN(C(=O)c1cn(-c3cccc(Cl)c3F)nn1)C2C(=O)Nc1ccc2nc(C(=O)O)ccc2c1. The predicted molar refractivity (Wildman–Crippen MR) is 179 cm³/mol. The molecule has 0 bridgehead atoms. The molecule has 0 fully saturated rings. The van der Waals surface area contributed by atoms with Gasteiger partial charge < -0.3 is 15.3 Å². The number of nitrogens with one attached hydrogen (secondary N) is 1. The summed E-state index contributed by atoms with van der Waals surface area (Å²) in [6.07, 6.45) is 4.67. The third-order valence-electron chi connectivity index (χ3n) is 7.84. The topological polar surface area (TPSA) is 155 Å². The Morgan fingerprint density at radius 2 is 1.92 bits per heavy atom. The van der Waals surface area contributed by atoms with Crippen LogP contribution in [0.15, 0.2) is 89.1 Å². The fourth-order valence-corrected chi connectivity index (χ4v) is 5.80. The smallest absolute Gasteiger partial charge is 0.354 e. The number of carboxylic acids is 1. The zero-order chi connectivity index (χ0) is 33.9. The van der Waals surface area contributed by atoms with E-state index >= 15 is 0 Å². The number of hydrogen-bond donors (Lipinski definition) is 2. The minimum absolute atomic E-state index is 0.00909. The van der Waals surface area contributed by atoms with Crippen molar-refractivity contribution in [3.05, 3.63) is 118 Å². The highest BCUT2D eigenvalue weighted by Crippen LogP contribution is 2.36. The molecular weight excluding hydrogens is 639 g/mol. The number of carbonyl (C=O) groups excluding carboxylic acids is 2. The van der Waals surface area contributed by atoms with Crippen LogP contribution >= 0.6 is 11.6 Å². The van der Waals surface area contributed by atoms with E-state index in [1.54, 1.807) is 48.7 Å². The first kappa shape index (κ1) is 31.9. The number of carboxylic acid groups (broad SMARTS) is 1. The molecule has 2 aromatic heterocycles. The molecule has 0 radical (unpaired) electrons. The Morgan fingerprint density at radius 3 is 2.71 bits per heavy atom. The minimum Gasteiger partial charge on any atom is -0.477 e. The summed E-state index contributed by atoms with van der Waals surface area (Å²) in [6.45, 7) is 5.44. The summed E-state index contributed by atoms with van der Waals surface area (Å²) >= 11 is 5.94. The van der Waals surface area contributed by atoms with E-state index in [0.29, 0.717) is 28.6 Å². The number of carbonyl (C=O) groups is 3. The van der Waals surface area contributed by atoms with Gasteiger partial charge in [0.25, 0.3) is 11.8 Å². The van der Waals surface area contributed by atoms with E-state index in [2.05, 4.69) is 37.3 Å². The molecule has 5 aromatic rings. The number of amides is 2. The maximum absolute atomic E-state index is 14.7. The summed E-state index contributed by atoms with van der Waals surface area (Å²) in [6, 6.07) is 16.7. The van der Waals surface area contributed by atoms with Gasteiger partial charge in [0.2, 0.25) is 0 Å². The van der Waals surface area contributed by atoms with Gasteiger partial charge >= 0.3 is 5.97 Å². The second kappa shape index (κ2) is 13.3. The monoisotopic (exact) mass is 664 g/mol. The first-order valence-corrected chi connectivity index (χ1v) is 14.9. The van der Waals surface area contributed by atoms with E-state index in [1.165, 1.54) is 35.6 Å². The highest BCUT2D eigenvalue weighted by molar-refractivity contribution is 6.30. The van der Waals surface area contributed by atoms with Gasteiger partial charge in [0.05, 0.1) is 16.7 Å². The first-order valence-electron chi connectivity index (χ1n) is 14.6. The van der Waals surface area contributed by atoms with Crippen molar-refractivity contribution in [3.8, 4) is 5.69 Å². The van der Waals surface area contributed by atoms with E-state index in [4.69, 9.17) is 11.6 Å². The van der Waals surface area contributed by atoms with Crippen LogP contribution in [0.3, 0.4) is 0 Å². The summed E-state index contributed by atoms with van der Waals surface area (Å²) < 4.78 is 15.8. The zero-order valence-electron chi connectivity index (χ0n) is 25.3. The average Bonchev–Trinajstić information content (AvgIpc) is 3.58. The standard InChI is InChI=1S/C34H26ClFN8O4/c1-19(16-38-18-37-2)22-5-3-6-24-23(22)13-14-43(33(46)28-17-44(42-41-28)29-8-4-7-25(35)30(29)36)31(24)32(45)39-21-10-12-26-20(15-21)9-11-27(40-26)34(47)48/h3-12,15-18,31H,2,13-14H2,1H3,(H,39,45)(H,47,48)/b19-16+,38-18-. The lowest BCUT2D eigenvalue weighted by Crippen LogP contribution is -2.45. The van der Waals surface area contributed by atoms with Crippen molar-refractivity contribution in [1.82, 2.24) is 24.9 Å². The molecule has 1 atom stereocenters. The van der Waals surface area contributed by atoms with E-state index in [0.717, 1.165) is 21.4 Å². The molecule has 14 heteroatoms. The Kier molecular flexibility index (Phi) is 8.86. The number of aliphatic imine (C=N–C) groups is 2. The maximum Gasteiger partial charge on any atom is 0.354 e. The number of hydrogen-bond acceptors (Lipinski definition) is 7. The van der Waals surface area contributed by atoms with Gasteiger partial charge in [-0.25, -0.2) is 23.8 Å². The van der Waals surface area contributed by atoms with Crippen molar-refractivity contribution >= 4 is 64.6 Å². The Hall–Kier alpha value is -6.08. The highest BCUT2D eigenvalue weighted by Gasteiger charge is 2.38. The fourth-order valence-electron chi connectivity index (χ4n) is 5.63. The third-order valence-corrected chi connectivity index (χ3v) is 8.13. The normalized spacial score (nSPS) is 14.6. The van der Waals surface area contributed by atoms with Crippen LogP contribution in [-0.4, -0.2) is 67.4 Å². The molecule has 3 aromatic carbocycles. The Balaban J connectivity index is 1.38. The Morgan fingerprint density at radius 1 is 1.10 bits per heavy atom. The van der Waals surface area contributed by atoms with Crippen LogP contribution in [-0.2, 0) is 11.2 Å². The van der Waals surface area contributed by atoms with Crippen LogP contribution in [0.25, 0.3) is 22.2 Å². The lowest BCUT2D eigenvalue weighted by Gasteiger charge is -2.37. The first-order chi connectivity index (χ1) is 23.2. The van der Waals surface area contributed by atoms with E-state index in [1.807, 2.05) is 13.0 Å². The van der Waals surface area contributed by atoms with Crippen LogP contribution in [0.5, 0.6) is 0 Å². The van der Waals surface area contributed by atoms with Crippen molar-refractivity contribution in [3.63, 3.8) is 0 Å². The number of benzene rings is 3. The second-order valence-electron chi connectivity index (χ2n) is 10.8. The van der Waals surface area contributed by atoms with Crippen molar-refractivity contribution in [2.75, 3.05) is 11.9 Å². The highest BCUT2D eigenvalue weighted by atomic mass is 35.5. The van der Waals surface area contributed by atoms with Gasteiger partial charge in [0.15, 0.2) is 11.5 Å². The number of rotatable bonds is 8. The van der Waals surface area contributed by atoms with Crippen molar-refractivity contribution < 1.29 is 23.9 Å². The molecule has 0 saturated heterocycles. The van der Waals surface area contributed by atoms with Gasteiger partial charge in [-0.05, 0) is 78.7 Å². The van der Waals surface area contributed by atoms with Crippen molar-refractivity contribution in [1.29, 1.82) is 0 Å². The fraction of sp³-hybridized carbons (Fsp3) is 0.118. The summed E-state index contributed by atoms with van der Waals surface area (Å²) in [5, 5.41) is 20.6. The van der Waals surface area contributed by atoms with Gasteiger partial charge in [0, 0.05) is 23.8 Å². The van der Waals surface area contributed by atoms with Gasteiger partial charge in [-0.15, -0.1) is 5.10 Å². The number of aromatic nitrogens is 4.